The van der Waals surface area contributed by atoms with Crippen LogP contribution in [-0.2, 0) is 25.8 Å². The number of rotatable bonds is 7. The summed E-state index contributed by atoms with van der Waals surface area (Å²) in [6.45, 7) is 0. The third-order valence-corrected chi connectivity index (χ3v) is 2.56. The van der Waals surface area contributed by atoms with Gasteiger partial charge in [0.25, 0.3) is 5.91 Å². The normalized spacial score (nSPS) is 11.7. The molecule has 1 amide bonds. The lowest BCUT2D eigenvalue weighted by molar-refractivity contribution is -0.317. The number of hydroxylamine groups is 2. The Balaban J connectivity index is 2.92. The number of benzene rings is 1. The van der Waals surface area contributed by atoms with E-state index in [-0.39, 0.29) is 17.2 Å². The van der Waals surface area contributed by atoms with Crippen LogP contribution in [-0.4, -0.2) is 44.3 Å². The number of aliphatic carboxylic acids is 2. The lowest BCUT2D eigenvalue weighted by atomic mass is 10.1. The van der Waals surface area contributed by atoms with Crippen LogP contribution in [0.5, 0.6) is 5.75 Å². The molecule has 0 aromatic heterocycles. The zero-order valence-corrected chi connectivity index (χ0v) is 10.6. The monoisotopic (exact) mass is 301 g/mol. The summed E-state index contributed by atoms with van der Waals surface area (Å²) in [6.07, 6.45) is -1.44. The highest BCUT2D eigenvalue weighted by Gasteiger charge is 2.33. The van der Waals surface area contributed by atoms with E-state index in [2.05, 4.69) is 5.04 Å². The topological polar surface area (TPSA) is 124 Å². The van der Waals surface area contributed by atoms with Crippen molar-refractivity contribution >= 4 is 17.8 Å². The van der Waals surface area contributed by atoms with Gasteiger partial charge in [0.1, 0.15) is 12.2 Å². The molecule has 0 aliphatic rings. The minimum atomic E-state index is -1.74. The summed E-state index contributed by atoms with van der Waals surface area (Å²) in [5.74, 6) is -4.50. The fraction of sp³-hybridized carbons (Fsp3) is 0.250. The van der Waals surface area contributed by atoms with Gasteiger partial charge < -0.3 is 15.3 Å². The van der Waals surface area contributed by atoms with Crippen LogP contribution in [0.25, 0.3) is 0 Å². The van der Waals surface area contributed by atoms with Gasteiger partial charge in [-0.3, -0.25) is 9.59 Å². The highest BCUT2D eigenvalue weighted by molar-refractivity contribution is 5.94. The van der Waals surface area contributed by atoms with Crippen LogP contribution >= 0.6 is 0 Å². The molecular formula is C12H12FNO7. The summed E-state index contributed by atoms with van der Waals surface area (Å²) in [5, 5.41) is 29.7. The lowest BCUT2D eigenvalue weighted by Crippen LogP contribution is -2.45. The molecule has 0 aliphatic heterocycles. The maximum Gasteiger partial charge on any atom is 0.329 e. The highest BCUT2D eigenvalue weighted by Crippen LogP contribution is 2.15. The van der Waals surface area contributed by atoms with Crippen LogP contribution in [0.3, 0.4) is 0 Å². The number of aromatic hydroxyl groups is 1. The molecule has 0 bridgehead atoms. The molecular weight excluding hydrogens is 289 g/mol. The average molecular weight is 301 g/mol. The third-order valence-electron chi connectivity index (χ3n) is 2.56. The minimum absolute atomic E-state index is 0.0498. The van der Waals surface area contributed by atoms with Gasteiger partial charge in [-0.2, -0.15) is 5.06 Å². The molecule has 0 fully saturated rings. The van der Waals surface area contributed by atoms with Crippen LogP contribution < -0.4 is 0 Å². The number of nitrogens with zero attached hydrogens (tertiary/aromatic N) is 1. The summed E-state index contributed by atoms with van der Waals surface area (Å²) < 4.78 is 12.4. The number of hydrogen-bond acceptors (Lipinski definition) is 5. The molecule has 0 spiro atoms. The summed E-state index contributed by atoms with van der Waals surface area (Å²) in [6, 6.07) is 3.58. The largest absolute Gasteiger partial charge is 0.508 e. The fourth-order valence-electron chi connectivity index (χ4n) is 1.59. The molecule has 1 aromatic rings. The summed E-state index contributed by atoms with van der Waals surface area (Å²) >= 11 is 0. The van der Waals surface area contributed by atoms with Crippen molar-refractivity contribution in [1.29, 1.82) is 0 Å². The van der Waals surface area contributed by atoms with Crippen LogP contribution in [0.1, 0.15) is 12.0 Å². The van der Waals surface area contributed by atoms with Crippen molar-refractivity contribution in [1.82, 2.24) is 5.06 Å². The number of carboxylic acid groups (broad SMARTS) is 2. The van der Waals surface area contributed by atoms with Gasteiger partial charge in [-0.15, -0.1) is 0 Å². The molecule has 8 nitrogen and oxygen atoms in total. The van der Waals surface area contributed by atoms with Crippen molar-refractivity contribution in [3.63, 3.8) is 0 Å². The molecule has 1 atom stereocenters. The second kappa shape index (κ2) is 7.20. The Bertz CT molecular complexity index is 531. The third kappa shape index (κ3) is 4.73. The number of carbonyl (C=O) groups excluding carboxylic acids is 1. The average Bonchev–Trinajstić information content (AvgIpc) is 2.39. The van der Waals surface area contributed by atoms with Gasteiger partial charge in [-0.25, -0.2) is 4.79 Å². The molecule has 1 aromatic carbocycles. The van der Waals surface area contributed by atoms with Gasteiger partial charge in [0.15, 0.2) is 6.04 Å². The SMILES string of the molecule is O=C(O)CC(=O)N(OF)[C@@H](Cc1ccc(O)cc1)C(=O)O. The van der Waals surface area contributed by atoms with Gasteiger partial charge in [-0.1, -0.05) is 17.2 Å². The van der Waals surface area contributed by atoms with E-state index in [1.807, 2.05) is 0 Å². The predicted molar refractivity (Wildman–Crippen MR) is 64.5 cm³/mol. The Morgan fingerprint density at radius 2 is 1.76 bits per heavy atom. The molecule has 0 heterocycles. The van der Waals surface area contributed by atoms with E-state index in [9.17, 15) is 18.9 Å². The Kier molecular flexibility index (Phi) is 5.61. The number of amides is 1. The minimum Gasteiger partial charge on any atom is -0.508 e. The van der Waals surface area contributed by atoms with E-state index in [4.69, 9.17) is 15.3 Å². The maximum absolute atomic E-state index is 12.4. The number of phenols is 1. The van der Waals surface area contributed by atoms with Crippen LogP contribution in [0.2, 0.25) is 0 Å². The molecule has 1 rings (SSSR count). The van der Waals surface area contributed by atoms with Crippen molar-refractivity contribution in [2.45, 2.75) is 18.9 Å². The van der Waals surface area contributed by atoms with E-state index in [0.29, 0.717) is 5.56 Å². The van der Waals surface area contributed by atoms with Crippen molar-refractivity contribution in [3.8, 4) is 5.75 Å². The van der Waals surface area contributed by atoms with Gasteiger partial charge in [0.05, 0.1) is 0 Å². The van der Waals surface area contributed by atoms with Gasteiger partial charge >= 0.3 is 11.9 Å². The zero-order chi connectivity index (χ0) is 16.0. The van der Waals surface area contributed by atoms with Crippen LogP contribution in [0.4, 0.5) is 4.53 Å². The number of carboxylic acids is 2. The van der Waals surface area contributed by atoms with Crippen LogP contribution in [0, 0.1) is 0 Å². The molecule has 0 aliphatic carbocycles. The quantitative estimate of drug-likeness (QED) is 0.495. The first kappa shape index (κ1) is 16.4. The maximum atomic E-state index is 12.4. The zero-order valence-electron chi connectivity index (χ0n) is 10.6. The molecule has 0 saturated carbocycles. The Morgan fingerprint density at radius 3 is 2.19 bits per heavy atom. The standard InChI is InChI=1S/C12H12FNO7/c13-21-14(10(16)6-11(17)18)9(12(19)20)5-7-1-3-8(15)4-2-7/h1-4,9,15H,5-6H2,(H,17,18)(H,19,20)/t9-/m0/s1. The van der Waals surface area contributed by atoms with E-state index < -0.39 is 30.3 Å². The smallest absolute Gasteiger partial charge is 0.329 e. The molecule has 3 N–H and O–H groups in total. The summed E-state index contributed by atoms with van der Waals surface area (Å²) in [5.41, 5.74) is 0.380. The molecule has 21 heavy (non-hydrogen) atoms. The second-order valence-electron chi connectivity index (χ2n) is 4.08. The Labute approximate surface area is 117 Å². The Morgan fingerprint density at radius 1 is 1.19 bits per heavy atom. The summed E-state index contributed by atoms with van der Waals surface area (Å²) in [4.78, 5) is 33.0. The van der Waals surface area contributed by atoms with Crippen molar-refractivity contribution in [2.75, 3.05) is 0 Å². The number of halogens is 1. The molecule has 0 saturated heterocycles. The van der Waals surface area contributed by atoms with E-state index in [1.165, 1.54) is 24.3 Å². The first-order chi connectivity index (χ1) is 9.85. The van der Waals surface area contributed by atoms with Gasteiger partial charge in [0.2, 0.25) is 0 Å². The molecule has 9 heteroatoms. The van der Waals surface area contributed by atoms with Crippen molar-refractivity contribution < 1.29 is 39.3 Å². The van der Waals surface area contributed by atoms with E-state index >= 15 is 0 Å². The fourth-order valence-corrected chi connectivity index (χ4v) is 1.59. The van der Waals surface area contributed by atoms with E-state index in [0.717, 1.165) is 0 Å². The van der Waals surface area contributed by atoms with Crippen molar-refractivity contribution in [3.05, 3.63) is 29.8 Å². The first-order valence-corrected chi connectivity index (χ1v) is 5.68. The number of hydrogen-bond donors (Lipinski definition) is 3. The van der Waals surface area contributed by atoms with Crippen molar-refractivity contribution in [2.24, 2.45) is 0 Å². The van der Waals surface area contributed by atoms with E-state index in [1.54, 1.807) is 0 Å². The lowest BCUT2D eigenvalue weighted by Gasteiger charge is -2.22. The number of carbonyl (C=O) groups is 3. The second-order valence-corrected chi connectivity index (χ2v) is 4.08. The molecule has 114 valence electrons. The molecule has 0 radical (unpaired) electrons. The summed E-state index contributed by atoms with van der Waals surface area (Å²) in [7, 11) is 0. The predicted octanol–water partition coefficient (Wildman–Crippen LogP) is 0.507. The molecule has 0 unspecified atom stereocenters. The first-order valence-electron chi connectivity index (χ1n) is 5.68. The van der Waals surface area contributed by atoms with Crippen LogP contribution in [0.15, 0.2) is 24.3 Å². The Hall–Kier alpha value is -2.68. The number of phenolic OH excluding ortho intramolecular Hbond substituents is 1. The highest BCUT2D eigenvalue weighted by atomic mass is 19.3. The van der Waals surface area contributed by atoms with Gasteiger partial charge in [0, 0.05) is 6.42 Å². The van der Waals surface area contributed by atoms with Gasteiger partial charge in [-0.05, 0) is 22.2 Å².